The first-order valence-corrected chi connectivity index (χ1v) is 3.35. The minimum absolute atomic E-state index is 0.139. The fourth-order valence-corrected chi connectivity index (χ4v) is 0.463. The predicted octanol–water partition coefficient (Wildman–Crippen LogP) is -2.01. The summed E-state index contributed by atoms with van der Waals surface area (Å²) < 4.78 is 9.45. The Morgan fingerprint density at radius 3 is 1.50 bits per heavy atom. The SMILES string of the molecule is NC(=O)COCCOCC(N)=O. The van der Waals surface area contributed by atoms with Gasteiger partial charge in [-0.3, -0.25) is 9.59 Å². The highest BCUT2D eigenvalue weighted by Gasteiger charge is 1.95. The lowest BCUT2D eigenvalue weighted by atomic mass is 10.6. The van der Waals surface area contributed by atoms with Gasteiger partial charge in [-0.25, -0.2) is 0 Å². The molecule has 12 heavy (non-hydrogen) atoms. The Morgan fingerprint density at radius 1 is 0.917 bits per heavy atom. The van der Waals surface area contributed by atoms with Gasteiger partial charge in [-0.15, -0.1) is 0 Å². The second-order valence-electron chi connectivity index (χ2n) is 2.04. The van der Waals surface area contributed by atoms with E-state index >= 15 is 0 Å². The number of hydrogen-bond acceptors (Lipinski definition) is 4. The third-order valence-electron chi connectivity index (χ3n) is 0.861. The zero-order valence-corrected chi connectivity index (χ0v) is 6.62. The second kappa shape index (κ2) is 6.56. The Balaban J connectivity index is 3.01. The highest BCUT2D eigenvalue weighted by atomic mass is 16.5. The van der Waals surface area contributed by atoms with E-state index in [1.165, 1.54) is 0 Å². The van der Waals surface area contributed by atoms with Gasteiger partial charge in [0.2, 0.25) is 11.8 Å². The number of ether oxygens (including phenoxy) is 2. The number of carbonyl (C=O) groups excluding carboxylic acids is 2. The zero-order chi connectivity index (χ0) is 9.40. The van der Waals surface area contributed by atoms with Crippen LogP contribution in [-0.2, 0) is 19.1 Å². The number of amides is 2. The molecule has 0 saturated carbocycles. The molecule has 0 radical (unpaired) electrons. The third kappa shape index (κ3) is 8.86. The van der Waals surface area contributed by atoms with Crippen LogP contribution in [0.5, 0.6) is 0 Å². The number of nitrogens with two attached hydrogens (primary N) is 2. The van der Waals surface area contributed by atoms with Gasteiger partial charge in [0.1, 0.15) is 13.2 Å². The van der Waals surface area contributed by atoms with Gasteiger partial charge in [-0.2, -0.15) is 0 Å². The van der Waals surface area contributed by atoms with Crippen LogP contribution in [0.15, 0.2) is 0 Å². The smallest absolute Gasteiger partial charge is 0.243 e. The van der Waals surface area contributed by atoms with Crippen LogP contribution in [0.4, 0.5) is 0 Å². The van der Waals surface area contributed by atoms with Gasteiger partial charge >= 0.3 is 0 Å². The fraction of sp³-hybridized carbons (Fsp3) is 0.667. The van der Waals surface area contributed by atoms with Crippen LogP contribution in [0.2, 0.25) is 0 Å². The summed E-state index contributed by atoms with van der Waals surface area (Å²) >= 11 is 0. The molecule has 0 aromatic carbocycles. The molecule has 0 aromatic rings. The molecular formula is C6H12N2O4. The predicted molar refractivity (Wildman–Crippen MR) is 40.0 cm³/mol. The van der Waals surface area contributed by atoms with Gasteiger partial charge in [0.15, 0.2) is 0 Å². The van der Waals surface area contributed by atoms with Crippen LogP contribution in [0.1, 0.15) is 0 Å². The second-order valence-corrected chi connectivity index (χ2v) is 2.04. The van der Waals surface area contributed by atoms with Crippen molar-refractivity contribution in [3.05, 3.63) is 0 Å². The maximum absolute atomic E-state index is 10.1. The van der Waals surface area contributed by atoms with E-state index in [0.717, 1.165) is 0 Å². The van der Waals surface area contributed by atoms with Crippen molar-refractivity contribution in [2.45, 2.75) is 0 Å². The molecular weight excluding hydrogens is 164 g/mol. The van der Waals surface area contributed by atoms with Crippen molar-refractivity contribution in [3.8, 4) is 0 Å². The normalized spacial score (nSPS) is 9.67. The standard InChI is InChI=1S/C6H12N2O4/c7-5(9)3-11-1-2-12-4-6(8)10/h1-4H2,(H2,7,9)(H2,8,10). The molecule has 0 aromatic heterocycles. The van der Waals surface area contributed by atoms with E-state index in [2.05, 4.69) is 0 Å². The number of primary amides is 2. The maximum atomic E-state index is 10.1. The zero-order valence-electron chi connectivity index (χ0n) is 6.62. The Hall–Kier alpha value is -1.14. The molecule has 0 fully saturated rings. The van der Waals surface area contributed by atoms with Crippen molar-refractivity contribution >= 4 is 11.8 Å². The quantitative estimate of drug-likeness (QED) is 0.437. The number of carbonyl (C=O) groups is 2. The molecule has 0 heterocycles. The first-order chi connectivity index (χ1) is 5.63. The summed E-state index contributed by atoms with van der Waals surface area (Å²) in [6.07, 6.45) is 0. The minimum Gasteiger partial charge on any atom is -0.369 e. The molecule has 0 rings (SSSR count). The van der Waals surface area contributed by atoms with Crippen molar-refractivity contribution in [2.24, 2.45) is 11.5 Å². The van der Waals surface area contributed by atoms with Crippen molar-refractivity contribution < 1.29 is 19.1 Å². The van der Waals surface area contributed by atoms with Crippen LogP contribution < -0.4 is 11.5 Å². The lowest BCUT2D eigenvalue weighted by molar-refractivity contribution is -0.126. The summed E-state index contributed by atoms with van der Waals surface area (Å²) in [6.45, 7) is 0.159. The molecule has 0 spiro atoms. The van der Waals surface area contributed by atoms with Gasteiger partial charge in [-0.05, 0) is 0 Å². The summed E-state index contributed by atoms with van der Waals surface area (Å²) in [4.78, 5) is 20.2. The lowest BCUT2D eigenvalue weighted by Gasteiger charge is -2.01. The molecule has 0 unspecified atom stereocenters. The Morgan fingerprint density at radius 2 is 1.25 bits per heavy atom. The Labute approximate surface area is 69.8 Å². The molecule has 4 N–H and O–H groups in total. The van der Waals surface area contributed by atoms with Crippen LogP contribution in [0.3, 0.4) is 0 Å². The van der Waals surface area contributed by atoms with E-state index in [1.54, 1.807) is 0 Å². The van der Waals surface area contributed by atoms with Crippen LogP contribution in [0, 0.1) is 0 Å². The molecule has 2 amide bonds. The first kappa shape index (κ1) is 10.9. The van der Waals surface area contributed by atoms with E-state index < -0.39 is 11.8 Å². The van der Waals surface area contributed by atoms with Gasteiger partial charge in [0.25, 0.3) is 0 Å². The van der Waals surface area contributed by atoms with E-state index in [0.29, 0.717) is 0 Å². The van der Waals surface area contributed by atoms with Crippen molar-refractivity contribution in [1.82, 2.24) is 0 Å². The monoisotopic (exact) mass is 176 g/mol. The van der Waals surface area contributed by atoms with E-state index in [9.17, 15) is 9.59 Å². The third-order valence-corrected chi connectivity index (χ3v) is 0.861. The summed E-state index contributed by atoms with van der Waals surface area (Å²) in [7, 11) is 0. The number of rotatable bonds is 7. The lowest BCUT2D eigenvalue weighted by Crippen LogP contribution is -2.22. The van der Waals surface area contributed by atoms with Gasteiger partial charge in [-0.1, -0.05) is 0 Å². The molecule has 0 aliphatic heterocycles. The van der Waals surface area contributed by atoms with Crippen molar-refractivity contribution in [3.63, 3.8) is 0 Å². The van der Waals surface area contributed by atoms with Crippen LogP contribution in [0.25, 0.3) is 0 Å². The molecule has 0 atom stereocenters. The van der Waals surface area contributed by atoms with E-state index in [-0.39, 0.29) is 26.4 Å². The molecule has 0 aliphatic carbocycles. The molecule has 0 saturated heterocycles. The van der Waals surface area contributed by atoms with E-state index in [4.69, 9.17) is 20.9 Å². The summed E-state index contributed by atoms with van der Waals surface area (Å²) in [5.74, 6) is -1.07. The fourth-order valence-electron chi connectivity index (χ4n) is 0.463. The van der Waals surface area contributed by atoms with Gasteiger partial charge in [0, 0.05) is 0 Å². The van der Waals surface area contributed by atoms with Crippen LogP contribution >= 0.6 is 0 Å². The molecule has 6 heteroatoms. The highest BCUT2D eigenvalue weighted by molar-refractivity contribution is 5.75. The first-order valence-electron chi connectivity index (χ1n) is 3.35. The molecule has 6 nitrogen and oxygen atoms in total. The molecule has 70 valence electrons. The number of hydrogen-bond donors (Lipinski definition) is 2. The average molecular weight is 176 g/mol. The summed E-state index contributed by atoms with van der Waals surface area (Å²) in [5.41, 5.74) is 9.55. The highest BCUT2D eigenvalue weighted by Crippen LogP contribution is 1.77. The summed E-state index contributed by atoms with van der Waals surface area (Å²) in [5, 5.41) is 0. The van der Waals surface area contributed by atoms with Crippen LogP contribution in [-0.4, -0.2) is 38.2 Å². The average Bonchev–Trinajstić information content (AvgIpc) is 1.95. The van der Waals surface area contributed by atoms with E-state index in [1.807, 2.05) is 0 Å². The largest absolute Gasteiger partial charge is 0.369 e. The van der Waals surface area contributed by atoms with Gasteiger partial charge in [0.05, 0.1) is 13.2 Å². The summed E-state index contributed by atoms with van der Waals surface area (Å²) in [6, 6.07) is 0. The minimum atomic E-state index is -0.537. The molecule has 0 bridgehead atoms. The Kier molecular flexibility index (Phi) is 5.94. The maximum Gasteiger partial charge on any atom is 0.243 e. The topological polar surface area (TPSA) is 105 Å². The molecule has 0 aliphatic rings. The van der Waals surface area contributed by atoms with Crippen molar-refractivity contribution in [1.29, 1.82) is 0 Å². The Bertz CT molecular complexity index is 142. The van der Waals surface area contributed by atoms with Gasteiger partial charge < -0.3 is 20.9 Å². The van der Waals surface area contributed by atoms with Crippen molar-refractivity contribution in [2.75, 3.05) is 26.4 Å².